The smallest absolute Gasteiger partial charge is 0.238 e. The number of nitrogens with one attached hydrogen (secondary N) is 2. The van der Waals surface area contributed by atoms with Gasteiger partial charge in [0, 0.05) is 22.9 Å². The summed E-state index contributed by atoms with van der Waals surface area (Å²) in [5.74, 6) is -0.202. The highest BCUT2D eigenvalue weighted by atomic mass is 35.5. The molecule has 0 unspecified atom stereocenters. The summed E-state index contributed by atoms with van der Waals surface area (Å²) in [5, 5.41) is 5.97. The highest BCUT2D eigenvalue weighted by Crippen LogP contribution is 2.38. The maximum absolute atomic E-state index is 12.2. The van der Waals surface area contributed by atoms with Crippen LogP contribution in [-0.4, -0.2) is 48.1 Å². The molecule has 1 atom stereocenters. The second-order valence-corrected chi connectivity index (χ2v) is 8.23. The van der Waals surface area contributed by atoms with Crippen molar-refractivity contribution in [1.82, 2.24) is 10.2 Å². The van der Waals surface area contributed by atoms with Crippen molar-refractivity contribution in [2.75, 3.05) is 31.5 Å². The fraction of sp³-hybridized carbons (Fsp3) is 0.556. The van der Waals surface area contributed by atoms with Gasteiger partial charge in [0.15, 0.2) is 0 Å². The quantitative estimate of drug-likeness (QED) is 0.743. The van der Waals surface area contributed by atoms with Gasteiger partial charge in [-0.15, -0.1) is 11.8 Å². The zero-order chi connectivity index (χ0) is 17.6. The Morgan fingerprint density at radius 3 is 2.92 bits per heavy atom. The Kier molecular flexibility index (Phi) is 6.62. The molecule has 2 aliphatic rings. The lowest BCUT2D eigenvalue weighted by atomic mass is 10.1. The molecule has 0 spiro atoms. The summed E-state index contributed by atoms with van der Waals surface area (Å²) in [5.41, 5.74) is 0.723. The van der Waals surface area contributed by atoms with Crippen LogP contribution in [0.2, 0.25) is 5.02 Å². The van der Waals surface area contributed by atoms with Gasteiger partial charge in [-0.25, -0.2) is 0 Å². The monoisotopic (exact) mass is 381 g/mol. The molecule has 2 heterocycles. The number of thioether (sulfide) groups is 1. The zero-order valence-corrected chi connectivity index (χ0v) is 15.8. The van der Waals surface area contributed by atoms with Crippen molar-refractivity contribution in [1.29, 1.82) is 0 Å². The van der Waals surface area contributed by atoms with E-state index in [0.717, 1.165) is 23.5 Å². The van der Waals surface area contributed by atoms with Gasteiger partial charge in [-0.2, -0.15) is 0 Å². The number of fused-ring (bicyclic) bond motifs is 1. The van der Waals surface area contributed by atoms with Crippen LogP contribution in [0.1, 0.15) is 32.1 Å². The molecule has 1 aromatic carbocycles. The van der Waals surface area contributed by atoms with Crippen LogP contribution in [0.25, 0.3) is 0 Å². The first-order valence-corrected chi connectivity index (χ1v) is 10.1. The minimum absolute atomic E-state index is 0.0660. The molecule has 2 amide bonds. The van der Waals surface area contributed by atoms with Gasteiger partial charge in [0.25, 0.3) is 0 Å². The summed E-state index contributed by atoms with van der Waals surface area (Å²) in [6.45, 7) is 4.06. The molecule has 1 saturated heterocycles. The third kappa shape index (κ3) is 5.36. The standard InChI is InChI=1S/C18H24ClN3O2S/c19-13-5-6-15-14(11-13)21-18(24)16(25-15)12-17(23)20-7-4-10-22-8-2-1-3-9-22/h5-6,11,16H,1-4,7-10,12H2,(H,20,23)(H,21,24)/t16-/m0/s1. The fourth-order valence-corrected chi connectivity index (χ4v) is 4.47. The van der Waals surface area contributed by atoms with Crippen LogP contribution >= 0.6 is 23.4 Å². The molecule has 0 aliphatic carbocycles. The molecule has 0 radical (unpaired) electrons. The van der Waals surface area contributed by atoms with Crippen LogP contribution in [0.15, 0.2) is 23.1 Å². The Hall–Kier alpha value is -1.24. The largest absolute Gasteiger partial charge is 0.356 e. The number of hydrogen-bond donors (Lipinski definition) is 2. The molecule has 2 aliphatic heterocycles. The molecule has 5 nitrogen and oxygen atoms in total. The van der Waals surface area contributed by atoms with Gasteiger partial charge < -0.3 is 15.5 Å². The number of halogens is 1. The molecule has 1 fully saturated rings. The summed E-state index contributed by atoms with van der Waals surface area (Å²) in [6, 6.07) is 5.41. The van der Waals surface area contributed by atoms with Gasteiger partial charge in [-0.1, -0.05) is 18.0 Å². The van der Waals surface area contributed by atoms with Crippen molar-refractivity contribution < 1.29 is 9.59 Å². The van der Waals surface area contributed by atoms with E-state index in [1.165, 1.54) is 44.1 Å². The fourth-order valence-electron chi connectivity index (χ4n) is 3.21. The number of carbonyl (C=O) groups is 2. The average Bonchev–Trinajstić information content (AvgIpc) is 2.60. The van der Waals surface area contributed by atoms with Crippen molar-refractivity contribution in [3.8, 4) is 0 Å². The maximum atomic E-state index is 12.2. The minimum atomic E-state index is -0.393. The van der Waals surface area contributed by atoms with Crippen LogP contribution in [0.3, 0.4) is 0 Å². The first kappa shape index (κ1) is 18.5. The molecule has 0 aromatic heterocycles. The van der Waals surface area contributed by atoms with E-state index >= 15 is 0 Å². The van der Waals surface area contributed by atoms with Gasteiger partial charge in [0.2, 0.25) is 11.8 Å². The number of hydrogen-bond acceptors (Lipinski definition) is 4. The van der Waals surface area contributed by atoms with Crippen LogP contribution in [0.4, 0.5) is 5.69 Å². The second kappa shape index (κ2) is 8.92. The number of likely N-dealkylation sites (tertiary alicyclic amines) is 1. The Balaban J connectivity index is 1.40. The van der Waals surface area contributed by atoms with Gasteiger partial charge >= 0.3 is 0 Å². The van der Waals surface area contributed by atoms with E-state index in [9.17, 15) is 9.59 Å². The number of benzene rings is 1. The number of amides is 2. The molecule has 0 saturated carbocycles. The Morgan fingerprint density at radius 2 is 2.12 bits per heavy atom. The first-order valence-electron chi connectivity index (χ1n) is 8.88. The zero-order valence-electron chi connectivity index (χ0n) is 14.2. The minimum Gasteiger partial charge on any atom is -0.356 e. The van der Waals surface area contributed by atoms with E-state index in [0.29, 0.717) is 11.6 Å². The van der Waals surface area contributed by atoms with E-state index in [1.807, 2.05) is 6.07 Å². The highest BCUT2D eigenvalue weighted by molar-refractivity contribution is 8.01. The first-order chi connectivity index (χ1) is 12.1. The van der Waals surface area contributed by atoms with E-state index in [4.69, 9.17) is 11.6 Å². The van der Waals surface area contributed by atoms with Crippen LogP contribution in [0.5, 0.6) is 0 Å². The van der Waals surface area contributed by atoms with Crippen LogP contribution < -0.4 is 10.6 Å². The van der Waals surface area contributed by atoms with Crippen molar-refractivity contribution in [3.63, 3.8) is 0 Å². The van der Waals surface area contributed by atoms with Crippen molar-refractivity contribution in [2.45, 2.75) is 42.2 Å². The molecule has 2 N–H and O–H groups in total. The summed E-state index contributed by atoms with van der Waals surface area (Å²) in [4.78, 5) is 27.7. The summed E-state index contributed by atoms with van der Waals surface area (Å²) >= 11 is 7.37. The molecular formula is C18H24ClN3O2S. The van der Waals surface area contributed by atoms with E-state index in [-0.39, 0.29) is 18.2 Å². The second-order valence-electron chi connectivity index (χ2n) is 6.55. The lowest BCUT2D eigenvalue weighted by molar-refractivity contribution is -0.124. The van der Waals surface area contributed by atoms with Gasteiger partial charge in [-0.3, -0.25) is 9.59 Å². The molecule has 0 bridgehead atoms. The van der Waals surface area contributed by atoms with Crippen molar-refractivity contribution >= 4 is 40.9 Å². The third-order valence-electron chi connectivity index (χ3n) is 4.55. The number of piperidine rings is 1. The van der Waals surface area contributed by atoms with E-state index in [1.54, 1.807) is 12.1 Å². The van der Waals surface area contributed by atoms with E-state index < -0.39 is 5.25 Å². The molecule has 25 heavy (non-hydrogen) atoms. The Labute approximate surface area is 157 Å². The lowest BCUT2D eigenvalue weighted by Crippen LogP contribution is -2.36. The van der Waals surface area contributed by atoms with Crippen LogP contribution in [-0.2, 0) is 9.59 Å². The van der Waals surface area contributed by atoms with Crippen molar-refractivity contribution in [2.24, 2.45) is 0 Å². The highest BCUT2D eigenvalue weighted by Gasteiger charge is 2.29. The van der Waals surface area contributed by atoms with Gasteiger partial charge in [-0.05, 0) is 57.1 Å². The third-order valence-corrected chi connectivity index (χ3v) is 6.06. The summed E-state index contributed by atoms with van der Waals surface area (Å²) < 4.78 is 0. The molecular weight excluding hydrogens is 358 g/mol. The normalized spacial score (nSPS) is 20.7. The lowest BCUT2D eigenvalue weighted by Gasteiger charge is -2.26. The Bertz CT molecular complexity index is 635. The molecule has 1 aromatic rings. The van der Waals surface area contributed by atoms with Crippen LogP contribution in [0, 0.1) is 0 Å². The molecule has 3 rings (SSSR count). The molecule has 7 heteroatoms. The SMILES string of the molecule is O=C(C[C@@H]1Sc2ccc(Cl)cc2NC1=O)NCCCN1CCCCC1. The topological polar surface area (TPSA) is 61.4 Å². The number of rotatable bonds is 6. The average molecular weight is 382 g/mol. The van der Waals surface area contributed by atoms with Crippen molar-refractivity contribution in [3.05, 3.63) is 23.2 Å². The van der Waals surface area contributed by atoms with E-state index in [2.05, 4.69) is 15.5 Å². The maximum Gasteiger partial charge on any atom is 0.238 e. The van der Waals surface area contributed by atoms with Gasteiger partial charge in [0.05, 0.1) is 10.9 Å². The predicted octanol–water partition coefficient (Wildman–Crippen LogP) is 3.14. The number of nitrogens with zero attached hydrogens (tertiary/aromatic N) is 1. The predicted molar refractivity (Wildman–Crippen MR) is 102 cm³/mol. The summed E-state index contributed by atoms with van der Waals surface area (Å²) in [7, 11) is 0. The number of anilines is 1. The Morgan fingerprint density at radius 1 is 1.32 bits per heavy atom. The molecule has 136 valence electrons. The summed E-state index contributed by atoms with van der Waals surface area (Å²) in [6.07, 6.45) is 5.06. The van der Waals surface area contributed by atoms with Gasteiger partial charge in [0.1, 0.15) is 0 Å². The number of carbonyl (C=O) groups excluding carboxylic acids is 2.